The summed E-state index contributed by atoms with van der Waals surface area (Å²) < 4.78 is 5.19. The molecule has 1 aromatic rings. The molecule has 0 atom stereocenters. The molecular weight excluding hydrogens is 250 g/mol. The zero-order valence-electron chi connectivity index (χ0n) is 13.0. The lowest BCUT2D eigenvalue weighted by molar-refractivity contribution is -0.136. The summed E-state index contributed by atoms with van der Waals surface area (Å²) in [5.74, 6) is -0.321. The van der Waals surface area contributed by atoms with Crippen LogP contribution in [0.4, 0.5) is 0 Å². The standard InChI is InChI=1S/C17H25NO2/c1-5-7-11-14(18)16(17(19)20-6-2)15-12(3)9-8-10-13(15)4/h8-10H,5-7,11,18H2,1-4H3/b16-14-. The van der Waals surface area contributed by atoms with Crippen LogP contribution in [0, 0.1) is 13.8 Å². The van der Waals surface area contributed by atoms with Crippen molar-refractivity contribution in [3.8, 4) is 0 Å². The number of aryl methyl sites for hydroxylation is 2. The molecule has 0 heterocycles. The van der Waals surface area contributed by atoms with Gasteiger partial charge in [0.2, 0.25) is 0 Å². The van der Waals surface area contributed by atoms with Crippen molar-refractivity contribution in [1.82, 2.24) is 0 Å². The normalized spacial score (nSPS) is 12.0. The van der Waals surface area contributed by atoms with E-state index in [0.717, 1.165) is 36.0 Å². The fourth-order valence-corrected chi connectivity index (χ4v) is 2.30. The average Bonchev–Trinajstić information content (AvgIpc) is 2.40. The number of esters is 1. The first kappa shape index (κ1) is 16.3. The molecule has 0 radical (unpaired) electrons. The second-order valence-electron chi connectivity index (χ2n) is 4.99. The van der Waals surface area contributed by atoms with Crippen LogP contribution < -0.4 is 5.73 Å². The zero-order valence-corrected chi connectivity index (χ0v) is 13.0. The van der Waals surface area contributed by atoms with Crippen LogP contribution in [0.15, 0.2) is 23.9 Å². The molecular formula is C17H25NO2. The Kier molecular flexibility index (Phi) is 6.29. The van der Waals surface area contributed by atoms with E-state index in [-0.39, 0.29) is 5.97 Å². The van der Waals surface area contributed by atoms with E-state index in [1.165, 1.54) is 0 Å². The lowest BCUT2D eigenvalue weighted by atomic mass is 9.93. The van der Waals surface area contributed by atoms with Crippen molar-refractivity contribution >= 4 is 11.5 Å². The van der Waals surface area contributed by atoms with Crippen LogP contribution in [0.2, 0.25) is 0 Å². The molecule has 1 rings (SSSR count). The van der Waals surface area contributed by atoms with Gasteiger partial charge < -0.3 is 10.5 Å². The number of carbonyl (C=O) groups excluding carboxylic acids is 1. The topological polar surface area (TPSA) is 52.3 Å². The Bertz CT molecular complexity index is 483. The second-order valence-corrected chi connectivity index (χ2v) is 4.99. The maximum Gasteiger partial charge on any atom is 0.340 e. The molecule has 0 unspecified atom stereocenters. The van der Waals surface area contributed by atoms with Crippen LogP contribution in [0.3, 0.4) is 0 Å². The van der Waals surface area contributed by atoms with E-state index in [4.69, 9.17) is 10.5 Å². The smallest absolute Gasteiger partial charge is 0.340 e. The molecule has 0 fully saturated rings. The Morgan fingerprint density at radius 3 is 2.30 bits per heavy atom. The Morgan fingerprint density at radius 2 is 1.80 bits per heavy atom. The van der Waals surface area contributed by atoms with Gasteiger partial charge in [-0.2, -0.15) is 0 Å². The highest BCUT2D eigenvalue weighted by Gasteiger charge is 2.20. The minimum absolute atomic E-state index is 0.321. The van der Waals surface area contributed by atoms with Gasteiger partial charge in [0.05, 0.1) is 12.2 Å². The highest BCUT2D eigenvalue weighted by Crippen LogP contribution is 2.27. The van der Waals surface area contributed by atoms with Crippen LogP contribution in [0.1, 0.15) is 49.8 Å². The Morgan fingerprint density at radius 1 is 1.20 bits per heavy atom. The molecule has 0 aliphatic rings. The molecule has 3 nitrogen and oxygen atoms in total. The van der Waals surface area contributed by atoms with Crippen molar-refractivity contribution < 1.29 is 9.53 Å². The average molecular weight is 275 g/mol. The molecule has 0 spiro atoms. The third-order valence-electron chi connectivity index (χ3n) is 3.33. The molecule has 0 aliphatic carbocycles. The maximum absolute atomic E-state index is 12.3. The van der Waals surface area contributed by atoms with Crippen LogP contribution in [-0.2, 0) is 9.53 Å². The first-order valence-corrected chi connectivity index (χ1v) is 7.25. The first-order chi connectivity index (χ1) is 9.52. The second kappa shape index (κ2) is 7.73. The zero-order chi connectivity index (χ0) is 15.1. The predicted octanol–water partition coefficient (Wildman–Crippen LogP) is 3.73. The maximum atomic E-state index is 12.3. The number of hydrogen-bond acceptors (Lipinski definition) is 3. The van der Waals surface area contributed by atoms with Crippen molar-refractivity contribution in [2.75, 3.05) is 6.61 Å². The molecule has 0 aliphatic heterocycles. The fraction of sp³-hybridized carbons (Fsp3) is 0.471. The van der Waals surface area contributed by atoms with Gasteiger partial charge in [0, 0.05) is 5.70 Å². The Balaban J connectivity index is 3.34. The number of rotatable bonds is 6. The fourth-order valence-electron chi connectivity index (χ4n) is 2.30. The van der Waals surface area contributed by atoms with Gasteiger partial charge in [0.1, 0.15) is 0 Å². The molecule has 110 valence electrons. The summed E-state index contributed by atoms with van der Waals surface area (Å²) in [4.78, 5) is 12.3. The number of carbonyl (C=O) groups is 1. The van der Waals surface area contributed by atoms with Crippen molar-refractivity contribution in [3.63, 3.8) is 0 Å². The molecule has 0 aromatic heterocycles. The van der Waals surface area contributed by atoms with E-state index in [9.17, 15) is 4.79 Å². The van der Waals surface area contributed by atoms with Gasteiger partial charge in [-0.15, -0.1) is 0 Å². The van der Waals surface area contributed by atoms with Crippen LogP contribution in [-0.4, -0.2) is 12.6 Å². The summed E-state index contributed by atoms with van der Waals surface area (Å²) in [5, 5.41) is 0. The predicted molar refractivity (Wildman–Crippen MR) is 83.2 cm³/mol. The van der Waals surface area contributed by atoms with Crippen LogP contribution >= 0.6 is 0 Å². The summed E-state index contributed by atoms with van der Waals surface area (Å²) in [6.45, 7) is 8.26. The van der Waals surface area contributed by atoms with E-state index in [2.05, 4.69) is 6.92 Å². The molecule has 3 heteroatoms. The molecule has 2 N–H and O–H groups in total. The molecule has 0 saturated heterocycles. The minimum Gasteiger partial charge on any atom is -0.462 e. The van der Waals surface area contributed by atoms with Crippen molar-refractivity contribution in [2.45, 2.75) is 47.0 Å². The van der Waals surface area contributed by atoms with Gasteiger partial charge >= 0.3 is 5.97 Å². The van der Waals surface area contributed by atoms with E-state index in [1.807, 2.05) is 39.0 Å². The van der Waals surface area contributed by atoms with Crippen molar-refractivity contribution in [2.24, 2.45) is 5.73 Å². The summed E-state index contributed by atoms with van der Waals surface area (Å²) in [7, 11) is 0. The number of nitrogens with two attached hydrogens (primary N) is 1. The molecule has 0 saturated carbocycles. The third-order valence-corrected chi connectivity index (χ3v) is 3.33. The molecule has 0 bridgehead atoms. The van der Waals surface area contributed by atoms with Crippen LogP contribution in [0.25, 0.3) is 5.57 Å². The quantitative estimate of drug-likeness (QED) is 0.636. The molecule has 20 heavy (non-hydrogen) atoms. The van der Waals surface area contributed by atoms with E-state index in [1.54, 1.807) is 0 Å². The third kappa shape index (κ3) is 3.86. The molecule has 1 aromatic carbocycles. The number of benzene rings is 1. The lowest BCUT2D eigenvalue weighted by Crippen LogP contribution is -2.15. The largest absolute Gasteiger partial charge is 0.462 e. The monoisotopic (exact) mass is 275 g/mol. The van der Waals surface area contributed by atoms with Crippen molar-refractivity contribution in [1.29, 1.82) is 0 Å². The summed E-state index contributed by atoms with van der Waals surface area (Å²) in [6.07, 6.45) is 2.74. The number of unbranched alkanes of at least 4 members (excludes halogenated alkanes) is 1. The Hall–Kier alpha value is -1.77. The Labute approximate surface area is 121 Å². The van der Waals surface area contributed by atoms with Crippen molar-refractivity contribution in [3.05, 3.63) is 40.6 Å². The summed E-state index contributed by atoms with van der Waals surface area (Å²) in [6, 6.07) is 5.97. The van der Waals surface area contributed by atoms with Gasteiger partial charge in [-0.25, -0.2) is 4.79 Å². The number of ether oxygens (including phenoxy) is 1. The van der Waals surface area contributed by atoms with E-state index in [0.29, 0.717) is 17.9 Å². The number of hydrogen-bond donors (Lipinski definition) is 1. The van der Waals surface area contributed by atoms with Crippen LogP contribution in [0.5, 0.6) is 0 Å². The summed E-state index contributed by atoms with van der Waals surface area (Å²) in [5.41, 5.74) is 10.4. The molecule has 0 amide bonds. The SMILES string of the molecule is CCCC/C(N)=C(/C(=O)OCC)c1c(C)cccc1C. The van der Waals surface area contributed by atoms with E-state index < -0.39 is 0 Å². The number of allylic oxidation sites excluding steroid dienone is 1. The lowest BCUT2D eigenvalue weighted by Gasteiger charge is -2.16. The van der Waals surface area contributed by atoms with Gasteiger partial charge in [-0.05, 0) is 50.3 Å². The van der Waals surface area contributed by atoms with Gasteiger partial charge in [-0.1, -0.05) is 31.5 Å². The summed E-state index contributed by atoms with van der Waals surface area (Å²) >= 11 is 0. The minimum atomic E-state index is -0.321. The van der Waals surface area contributed by atoms with Gasteiger partial charge in [0.15, 0.2) is 0 Å². The highest BCUT2D eigenvalue weighted by atomic mass is 16.5. The van der Waals surface area contributed by atoms with Gasteiger partial charge in [0.25, 0.3) is 0 Å². The first-order valence-electron chi connectivity index (χ1n) is 7.25. The highest BCUT2D eigenvalue weighted by molar-refractivity contribution is 6.18. The van der Waals surface area contributed by atoms with E-state index >= 15 is 0 Å². The van der Waals surface area contributed by atoms with Gasteiger partial charge in [-0.3, -0.25) is 0 Å².